The van der Waals surface area contributed by atoms with Crippen molar-refractivity contribution in [3.63, 3.8) is 0 Å². The van der Waals surface area contributed by atoms with Crippen LogP contribution in [0, 0.1) is 0 Å². The van der Waals surface area contributed by atoms with Crippen LogP contribution in [0.4, 0.5) is 0 Å². The number of nitrogens with one attached hydrogen (secondary N) is 1. The third kappa shape index (κ3) is 5.04. The Morgan fingerprint density at radius 2 is 1.62 bits per heavy atom. The molecule has 0 fully saturated rings. The van der Waals surface area contributed by atoms with E-state index in [1.54, 1.807) is 0 Å². The van der Waals surface area contributed by atoms with Crippen molar-refractivity contribution >= 4 is 5.91 Å². The predicted octanol–water partition coefficient (Wildman–Crippen LogP) is 2.86. The Morgan fingerprint density at radius 3 is 2.24 bits per heavy atom. The van der Waals surface area contributed by atoms with E-state index in [2.05, 4.69) is 5.32 Å². The van der Waals surface area contributed by atoms with E-state index in [9.17, 15) is 9.90 Å². The zero-order valence-electron chi connectivity index (χ0n) is 12.2. The number of aliphatic hydroxyl groups is 1. The van der Waals surface area contributed by atoms with Gasteiger partial charge in [-0.25, -0.2) is 0 Å². The second kappa shape index (κ2) is 7.60. The van der Waals surface area contributed by atoms with E-state index in [0.29, 0.717) is 6.42 Å². The van der Waals surface area contributed by atoms with Crippen LogP contribution in [0.2, 0.25) is 0 Å². The molecule has 3 heteroatoms. The van der Waals surface area contributed by atoms with Crippen LogP contribution < -0.4 is 5.32 Å². The molecule has 2 aromatic rings. The Balaban J connectivity index is 1.81. The molecule has 0 aliphatic carbocycles. The van der Waals surface area contributed by atoms with Crippen LogP contribution >= 0.6 is 0 Å². The lowest BCUT2D eigenvalue weighted by atomic mass is 10.0. The van der Waals surface area contributed by atoms with E-state index in [4.69, 9.17) is 0 Å². The first-order chi connectivity index (χ1) is 10.1. The molecule has 0 bridgehead atoms. The highest BCUT2D eigenvalue weighted by atomic mass is 16.3. The highest BCUT2D eigenvalue weighted by molar-refractivity contribution is 5.76. The van der Waals surface area contributed by atoms with Gasteiger partial charge in [0.05, 0.1) is 18.6 Å². The topological polar surface area (TPSA) is 49.3 Å². The number of aliphatic hydroxyl groups excluding tert-OH is 1. The molecule has 0 aromatic heterocycles. The van der Waals surface area contributed by atoms with Crippen molar-refractivity contribution in [3.05, 3.63) is 71.8 Å². The second-order valence-electron chi connectivity index (χ2n) is 5.25. The summed E-state index contributed by atoms with van der Waals surface area (Å²) in [5, 5.41) is 12.9. The van der Waals surface area contributed by atoms with Gasteiger partial charge in [0.2, 0.25) is 5.91 Å². The molecule has 3 nitrogen and oxygen atoms in total. The second-order valence-corrected chi connectivity index (χ2v) is 5.25. The molecule has 110 valence electrons. The minimum Gasteiger partial charge on any atom is -0.392 e. The summed E-state index contributed by atoms with van der Waals surface area (Å²) in [6.45, 7) is 1.94. The summed E-state index contributed by atoms with van der Waals surface area (Å²) in [6.07, 6.45) is -0.0459. The van der Waals surface area contributed by atoms with E-state index < -0.39 is 6.10 Å². The molecular weight excluding hydrogens is 262 g/mol. The average molecular weight is 283 g/mol. The number of amides is 1. The highest BCUT2D eigenvalue weighted by Crippen LogP contribution is 2.12. The molecule has 0 spiro atoms. The Hall–Kier alpha value is -2.13. The van der Waals surface area contributed by atoms with Crippen molar-refractivity contribution < 1.29 is 9.90 Å². The molecule has 2 N–H and O–H groups in total. The lowest BCUT2D eigenvalue weighted by molar-refractivity contribution is -0.123. The number of rotatable bonds is 6. The SMILES string of the molecule is CC(NC(=O)C[C@@H](O)Cc1ccccc1)c1ccccc1. The van der Waals surface area contributed by atoms with Gasteiger partial charge in [0.15, 0.2) is 0 Å². The Kier molecular flexibility index (Phi) is 5.52. The number of carbonyl (C=O) groups excluding carboxylic acids is 1. The molecular formula is C18H21NO2. The maximum atomic E-state index is 12.0. The summed E-state index contributed by atoms with van der Waals surface area (Å²) in [5.74, 6) is -0.130. The van der Waals surface area contributed by atoms with Crippen LogP contribution in [0.3, 0.4) is 0 Å². The van der Waals surface area contributed by atoms with Crippen molar-refractivity contribution in [3.8, 4) is 0 Å². The number of hydrogen-bond donors (Lipinski definition) is 2. The fourth-order valence-electron chi connectivity index (χ4n) is 2.30. The van der Waals surface area contributed by atoms with Gasteiger partial charge in [-0.05, 0) is 24.5 Å². The van der Waals surface area contributed by atoms with Crippen LogP contribution in [-0.4, -0.2) is 17.1 Å². The van der Waals surface area contributed by atoms with Crippen LogP contribution in [0.1, 0.15) is 30.5 Å². The van der Waals surface area contributed by atoms with Gasteiger partial charge in [-0.15, -0.1) is 0 Å². The summed E-state index contributed by atoms with van der Waals surface area (Å²) >= 11 is 0. The molecule has 0 saturated carbocycles. The first-order valence-electron chi connectivity index (χ1n) is 7.21. The smallest absolute Gasteiger partial charge is 0.223 e. The molecule has 0 heterocycles. The van der Waals surface area contributed by atoms with Crippen molar-refractivity contribution in [1.29, 1.82) is 0 Å². The molecule has 2 aromatic carbocycles. The van der Waals surface area contributed by atoms with Crippen molar-refractivity contribution in [2.75, 3.05) is 0 Å². The van der Waals surface area contributed by atoms with Gasteiger partial charge < -0.3 is 10.4 Å². The van der Waals surface area contributed by atoms with E-state index in [1.807, 2.05) is 67.6 Å². The lowest BCUT2D eigenvalue weighted by Gasteiger charge is -2.16. The third-order valence-corrected chi connectivity index (χ3v) is 3.41. The van der Waals surface area contributed by atoms with Crippen molar-refractivity contribution in [2.45, 2.75) is 31.9 Å². The summed E-state index contributed by atoms with van der Waals surface area (Å²) in [6, 6.07) is 19.4. The van der Waals surface area contributed by atoms with Gasteiger partial charge in [0.1, 0.15) is 0 Å². The largest absolute Gasteiger partial charge is 0.392 e. The zero-order chi connectivity index (χ0) is 15.1. The maximum Gasteiger partial charge on any atom is 0.223 e. The average Bonchev–Trinajstić information content (AvgIpc) is 2.48. The first kappa shape index (κ1) is 15.3. The maximum absolute atomic E-state index is 12.0. The zero-order valence-corrected chi connectivity index (χ0v) is 12.2. The van der Waals surface area contributed by atoms with E-state index in [0.717, 1.165) is 11.1 Å². The quantitative estimate of drug-likeness (QED) is 0.856. The summed E-state index contributed by atoms with van der Waals surface area (Å²) in [7, 11) is 0. The standard InChI is InChI=1S/C18H21NO2/c1-14(16-10-6-3-7-11-16)19-18(21)13-17(20)12-15-8-4-2-5-9-15/h2-11,14,17,20H,12-13H2,1H3,(H,19,21)/t14?,17-/m0/s1. The van der Waals surface area contributed by atoms with E-state index >= 15 is 0 Å². The van der Waals surface area contributed by atoms with Gasteiger partial charge in [0, 0.05) is 0 Å². The summed E-state index contributed by atoms with van der Waals surface area (Å²) in [4.78, 5) is 12.0. The number of hydrogen-bond acceptors (Lipinski definition) is 2. The molecule has 2 atom stereocenters. The predicted molar refractivity (Wildman–Crippen MR) is 83.8 cm³/mol. The third-order valence-electron chi connectivity index (χ3n) is 3.41. The molecule has 1 unspecified atom stereocenters. The molecule has 0 aliphatic heterocycles. The van der Waals surface area contributed by atoms with Crippen molar-refractivity contribution in [2.24, 2.45) is 0 Å². The van der Waals surface area contributed by atoms with Gasteiger partial charge in [-0.2, -0.15) is 0 Å². The van der Waals surface area contributed by atoms with Gasteiger partial charge in [-0.1, -0.05) is 60.7 Å². The van der Waals surface area contributed by atoms with Crippen LogP contribution in [0.15, 0.2) is 60.7 Å². The highest BCUT2D eigenvalue weighted by Gasteiger charge is 2.14. The molecule has 21 heavy (non-hydrogen) atoms. The molecule has 2 rings (SSSR count). The van der Waals surface area contributed by atoms with Crippen LogP contribution in [-0.2, 0) is 11.2 Å². The Bertz CT molecular complexity index is 554. The summed E-state index contributed by atoms with van der Waals surface area (Å²) in [5.41, 5.74) is 2.09. The van der Waals surface area contributed by atoms with E-state index in [1.165, 1.54) is 0 Å². The molecule has 0 radical (unpaired) electrons. The fraction of sp³-hybridized carbons (Fsp3) is 0.278. The molecule has 0 aliphatic rings. The monoisotopic (exact) mass is 283 g/mol. The van der Waals surface area contributed by atoms with Gasteiger partial charge >= 0.3 is 0 Å². The van der Waals surface area contributed by atoms with Crippen LogP contribution in [0.25, 0.3) is 0 Å². The fourth-order valence-corrected chi connectivity index (χ4v) is 2.30. The Labute approximate surface area is 125 Å². The van der Waals surface area contributed by atoms with Gasteiger partial charge in [0.25, 0.3) is 0 Å². The first-order valence-corrected chi connectivity index (χ1v) is 7.21. The summed E-state index contributed by atoms with van der Waals surface area (Å²) < 4.78 is 0. The molecule has 0 saturated heterocycles. The number of benzene rings is 2. The molecule has 1 amide bonds. The minimum absolute atomic E-state index is 0.0531. The normalized spacial score (nSPS) is 13.4. The van der Waals surface area contributed by atoms with Gasteiger partial charge in [-0.3, -0.25) is 4.79 Å². The number of carbonyl (C=O) groups is 1. The van der Waals surface area contributed by atoms with Crippen LogP contribution in [0.5, 0.6) is 0 Å². The van der Waals surface area contributed by atoms with Crippen molar-refractivity contribution in [1.82, 2.24) is 5.32 Å². The van der Waals surface area contributed by atoms with E-state index in [-0.39, 0.29) is 18.4 Å². The minimum atomic E-state index is -0.657. The lowest BCUT2D eigenvalue weighted by Crippen LogP contribution is -2.30. The Morgan fingerprint density at radius 1 is 1.05 bits per heavy atom.